The number of nitrogens with one attached hydrogen (secondary N) is 2. The second-order valence-corrected chi connectivity index (χ2v) is 8.69. The third-order valence-electron chi connectivity index (χ3n) is 4.33. The summed E-state index contributed by atoms with van der Waals surface area (Å²) in [4.78, 5) is 16.6. The van der Waals surface area contributed by atoms with Gasteiger partial charge in [0.2, 0.25) is 0 Å². The molecule has 1 amide bonds. The number of sulfonamides is 1. The number of carbonyl (C=O) groups excluding carboxylic acids is 1. The van der Waals surface area contributed by atoms with E-state index < -0.39 is 21.7 Å². The predicted octanol–water partition coefficient (Wildman–Crippen LogP) is 4.98. The van der Waals surface area contributed by atoms with E-state index in [-0.39, 0.29) is 21.2 Å². The maximum Gasteiger partial charge on any atom is 0.263 e. The number of oxazole rings is 1. The molecule has 0 bridgehead atoms. The van der Waals surface area contributed by atoms with Crippen LogP contribution in [0.25, 0.3) is 11.1 Å². The molecule has 31 heavy (non-hydrogen) atoms. The molecule has 0 aliphatic rings. The number of amides is 1. The fraction of sp³-hybridized carbons (Fsp3) is 0.0476. The summed E-state index contributed by atoms with van der Waals surface area (Å²) < 4.78 is 46.3. The van der Waals surface area contributed by atoms with Crippen LogP contribution in [0.5, 0.6) is 0 Å². The number of aromatic nitrogens is 1. The Labute approximate surface area is 181 Å². The van der Waals surface area contributed by atoms with Crippen LogP contribution < -0.4 is 10.0 Å². The third-order valence-corrected chi connectivity index (χ3v) is 6.19. The molecule has 0 spiro atoms. The van der Waals surface area contributed by atoms with E-state index in [9.17, 15) is 17.6 Å². The van der Waals surface area contributed by atoms with E-state index in [1.54, 1.807) is 25.1 Å². The first-order valence-electron chi connectivity index (χ1n) is 8.98. The second-order valence-electron chi connectivity index (χ2n) is 6.63. The molecule has 0 saturated heterocycles. The summed E-state index contributed by atoms with van der Waals surface area (Å²) in [5.74, 6) is -0.534. The summed E-state index contributed by atoms with van der Waals surface area (Å²) in [6, 6.07) is 13.7. The Bertz CT molecular complexity index is 1400. The largest absolute Gasteiger partial charge is 0.441 e. The third kappa shape index (κ3) is 4.52. The number of rotatable bonds is 5. The van der Waals surface area contributed by atoms with E-state index in [0.717, 1.165) is 12.1 Å². The van der Waals surface area contributed by atoms with Crippen LogP contribution in [-0.4, -0.2) is 19.3 Å². The van der Waals surface area contributed by atoms with Crippen molar-refractivity contribution in [1.29, 1.82) is 0 Å². The van der Waals surface area contributed by atoms with Crippen LogP contribution in [0.3, 0.4) is 0 Å². The van der Waals surface area contributed by atoms with Crippen LogP contribution in [0.15, 0.2) is 70.0 Å². The van der Waals surface area contributed by atoms with E-state index >= 15 is 0 Å². The van der Waals surface area contributed by atoms with Gasteiger partial charge in [0.1, 0.15) is 16.2 Å². The lowest BCUT2D eigenvalue weighted by atomic mass is 10.2. The topological polar surface area (TPSA) is 101 Å². The van der Waals surface area contributed by atoms with Crippen molar-refractivity contribution in [1.82, 2.24) is 4.98 Å². The first-order valence-corrected chi connectivity index (χ1v) is 10.8. The Kier molecular flexibility index (Phi) is 5.38. The van der Waals surface area contributed by atoms with Gasteiger partial charge >= 0.3 is 0 Å². The molecular weight excluding hydrogens is 445 g/mol. The van der Waals surface area contributed by atoms with Crippen molar-refractivity contribution in [3.05, 3.63) is 83.0 Å². The molecule has 1 heterocycles. The molecular formula is C21H15ClFN3O4S. The highest BCUT2D eigenvalue weighted by molar-refractivity contribution is 7.92. The fourth-order valence-electron chi connectivity index (χ4n) is 2.90. The summed E-state index contributed by atoms with van der Waals surface area (Å²) >= 11 is 6.08. The number of benzene rings is 3. The average Bonchev–Trinajstić information content (AvgIpc) is 3.09. The van der Waals surface area contributed by atoms with Crippen LogP contribution in [0.2, 0.25) is 5.02 Å². The van der Waals surface area contributed by atoms with Crippen molar-refractivity contribution in [2.45, 2.75) is 11.8 Å². The molecule has 7 nitrogen and oxygen atoms in total. The highest BCUT2D eigenvalue weighted by Gasteiger charge is 2.21. The lowest BCUT2D eigenvalue weighted by Crippen LogP contribution is -2.16. The van der Waals surface area contributed by atoms with E-state index in [1.807, 2.05) is 0 Å². The predicted molar refractivity (Wildman–Crippen MR) is 115 cm³/mol. The molecule has 0 saturated carbocycles. The molecule has 0 radical (unpaired) electrons. The molecule has 0 aliphatic carbocycles. The van der Waals surface area contributed by atoms with Gasteiger partial charge in [0.25, 0.3) is 15.9 Å². The van der Waals surface area contributed by atoms with Crippen molar-refractivity contribution in [2.75, 3.05) is 10.0 Å². The number of aryl methyl sites for hydroxylation is 1. The maximum absolute atomic E-state index is 13.1. The standard InChI is InChI=1S/C21H15ClFN3O4S/c1-12-24-18-11-16(7-9-19(18)30-12)25-21(27)13-2-8-17(22)20(10-13)31(28,29)26-15-5-3-14(23)4-6-15/h2-11,26H,1H3,(H,25,27). The molecule has 4 aromatic rings. The van der Waals surface area contributed by atoms with Gasteiger partial charge in [0.05, 0.1) is 5.02 Å². The number of fused-ring (bicyclic) bond motifs is 1. The molecule has 0 atom stereocenters. The van der Waals surface area contributed by atoms with E-state index in [4.69, 9.17) is 16.0 Å². The van der Waals surface area contributed by atoms with Crippen LogP contribution in [0.1, 0.15) is 16.2 Å². The van der Waals surface area contributed by atoms with Gasteiger partial charge in [0.15, 0.2) is 11.5 Å². The number of anilines is 2. The van der Waals surface area contributed by atoms with Crippen LogP contribution in [0.4, 0.5) is 15.8 Å². The van der Waals surface area contributed by atoms with Gasteiger partial charge in [-0.05, 0) is 60.7 Å². The summed E-state index contributed by atoms with van der Waals surface area (Å²) in [5, 5.41) is 2.63. The molecule has 0 fully saturated rings. The minimum absolute atomic E-state index is 0.0642. The molecule has 158 valence electrons. The summed E-state index contributed by atoms with van der Waals surface area (Å²) in [6.07, 6.45) is 0. The van der Waals surface area contributed by atoms with E-state index in [2.05, 4.69) is 15.0 Å². The molecule has 0 unspecified atom stereocenters. The Morgan fingerprint density at radius 2 is 1.74 bits per heavy atom. The molecule has 3 aromatic carbocycles. The first-order chi connectivity index (χ1) is 14.7. The quantitative estimate of drug-likeness (QED) is 0.438. The van der Waals surface area contributed by atoms with Crippen molar-refractivity contribution in [2.24, 2.45) is 0 Å². The van der Waals surface area contributed by atoms with Crippen LogP contribution in [0, 0.1) is 12.7 Å². The number of hydrogen-bond acceptors (Lipinski definition) is 5. The smallest absolute Gasteiger partial charge is 0.263 e. The fourth-order valence-corrected chi connectivity index (χ4v) is 4.49. The van der Waals surface area contributed by atoms with E-state index in [0.29, 0.717) is 22.7 Å². The zero-order valence-electron chi connectivity index (χ0n) is 16.0. The second kappa shape index (κ2) is 8.01. The van der Waals surface area contributed by atoms with Gasteiger partial charge in [0, 0.05) is 23.9 Å². The summed E-state index contributed by atoms with van der Waals surface area (Å²) in [5.41, 5.74) is 1.87. The van der Waals surface area contributed by atoms with Gasteiger partial charge < -0.3 is 9.73 Å². The Balaban J connectivity index is 1.59. The van der Waals surface area contributed by atoms with Crippen molar-refractivity contribution in [3.63, 3.8) is 0 Å². The Morgan fingerprint density at radius 1 is 1.03 bits per heavy atom. The van der Waals surface area contributed by atoms with Gasteiger partial charge in [-0.3, -0.25) is 9.52 Å². The van der Waals surface area contributed by atoms with Gasteiger partial charge in [-0.2, -0.15) is 0 Å². The minimum Gasteiger partial charge on any atom is -0.441 e. The lowest BCUT2D eigenvalue weighted by molar-refractivity contribution is 0.102. The molecule has 2 N–H and O–H groups in total. The number of halogens is 2. The average molecular weight is 460 g/mol. The van der Waals surface area contributed by atoms with Crippen molar-refractivity contribution in [3.8, 4) is 0 Å². The molecule has 0 aliphatic heterocycles. The molecule has 10 heteroatoms. The van der Waals surface area contributed by atoms with Gasteiger partial charge in [-0.25, -0.2) is 17.8 Å². The van der Waals surface area contributed by atoms with Crippen LogP contribution in [-0.2, 0) is 10.0 Å². The Morgan fingerprint density at radius 3 is 2.48 bits per heavy atom. The zero-order chi connectivity index (χ0) is 22.2. The highest BCUT2D eigenvalue weighted by Crippen LogP contribution is 2.26. The Hall–Kier alpha value is -3.43. The monoisotopic (exact) mass is 459 g/mol. The van der Waals surface area contributed by atoms with Crippen molar-refractivity contribution < 1.29 is 22.0 Å². The van der Waals surface area contributed by atoms with Crippen molar-refractivity contribution >= 4 is 50.0 Å². The first kappa shape index (κ1) is 20.8. The highest BCUT2D eigenvalue weighted by atomic mass is 35.5. The maximum atomic E-state index is 13.1. The molecule has 4 rings (SSSR count). The zero-order valence-corrected chi connectivity index (χ0v) is 17.6. The number of hydrogen-bond donors (Lipinski definition) is 2. The minimum atomic E-state index is -4.12. The SMILES string of the molecule is Cc1nc2cc(NC(=O)c3ccc(Cl)c(S(=O)(=O)Nc4ccc(F)cc4)c3)ccc2o1. The van der Waals surface area contributed by atoms with E-state index in [1.165, 1.54) is 30.3 Å². The lowest BCUT2D eigenvalue weighted by Gasteiger charge is -2.11. The summed E-state index contributed by atoms with van der Waals surface area (Å²) in [7, 11) is -4.12. The summed E-state index contributed by atoms with van der Waals surface area (Å²) in [6.45, 7) is 1.72. The van der Waals surface area contributed by atoms with Gasteiger partial charge in [-0.15, -0.1) is 0 Å². The molecule has 1 aromatic heterocycles. The number of nitrogens with zero attached hydrogens (tertiary/aromatic N) is 1. The van der Waals surface area contributed by atoms with Gasteiger partial charge in [-0.1, -0.05) is 11.6 Å². The van der Waals surface area contributed by atoms with Crippen LogP contribution >= 0.6 is 11.6 Å². The normalized spacial score (nSPS) is 11.5. The number of carbonyl (C=O) groups is 1.